The predicted octanol–water partition coefficient (Wildman–Crippen LogP) is 4.10. The molecule has 0 heterocycles. The number of amides is 1. The first-order chi connectivity index (χ1) is 14.0. The number of carbonyl (C=O) groups excluding carboxylic acids is 3. The van der Waals surface area contributed by atoms with Gasteiger partial charge in [-0.25, -0.2) is 4.79 Å². The predicted molar refractivity (Wildman–Crippen MR) is 109 cm³/mol. The van der Waals surface area contributed by atoms with E-state index in [1.807, 2.05) is 12.1 Å². The number of hydrogen-bond acceptors (Lipinski definition) is 4. The Bertz CT molecular complexity index is 982. The van der Waals surface area contributed by atoms with Gasteiger partial charge >= 0.3 is 5.97 Å². The Hall–Kier alpha value is -3.73. The van der Waals surface area contributed by atoms with Crippen molar-refractivity contribution in [2.75, 3.05) is 0 Å². The fourth-order valence-electron chi connectivity index (χ4n) is 2.81. The molecule has 1 atom stereocenters. The molecule has 0 spiro atoms. The average molecular weight is 387 g/mol. The number of rotatable bonds is 7. The topological polar surface area (TPSA) is 72.5 Å². The van der Waals surface area contributed by atoms with Gasteiger partial charge in [0.05, 0.1) is 5.56 Å². The molecule has 3 aromatic carbocycles. The molecule has 146 valence electrons. The lowest BCUT2D eigenvalue weighted by atomic mass is 9.99. The quantitative estimate of drug-likeness (QED) is 0.489. The lowest BCUT2D eigenvalue weighted by Crippen LogP contribution is -2.21. The monoisotopic (exact) mass is 387 g/mol. The van der Waals surface area contributed by atoms with Gasteiger partial charge in [-0.15, -0.1) is 0 Å². The highest BCUT2D eigenvalue weighted by atomic mass is 16.5. The number of carbonyl (C=O) groups is 3. The maximum Gasteiger partial charge on any atom is 0.339 e. The summed E-state index contributed by atoms with van der Waals surface area (Å²) in [6, 6.07) is 24.4. The molecule has 1 amide bonds. The van der Waals surface area contributed by atoms with Crippen molar-refractivity contribution >= 4 is 17.7 Å². The molecule has 0 fully saturated rings. The molecule has 0 aliphatic heterocycles. The summed E-state index contributed by atoms with van der Waals surface area (Å²) in [7, 11) is 0. The van der Waals surface area contributed by atoms with Crippen molar-refractivity contribution in [3.63, 3.8) is 0 Å². The van der Waals surface area contributed by atoms with Crippen LogP contribution in [0.2, 0.25) is 0 Å². The number of ketones is 1. The average Bonchev–Trinajstić information content (AvgIpc) is 2.77. The van der Waals surface area contributed by atoms with E-state index in [1.54, 1.807) is 72.8 Å². The van der Waals surface area contributed by atoms with Gasteiger partial charge in [0, 0.05) is 24.6 Å². The Kier molecular flexibility index (Phi) is 6.53. The van der Waals surface area contributed by atoms with E-state index >= 15 is 0 Å². The minimum Gasteiger partial charge on any atom is -0.445 e. The van der Waals surface area contributed by atoms with Crippen LogP contribution >= 0.6 is 0 Å². The van der Waals surface area contributed by atoms with Crippen molar-refractivity contribution in [1.82, 2.24) is 5.32 Å². The second-order valence-corrected chi connectivity index (χ2v) is 6.53. The van der Waals surface area contributed by atoms with Crippen LogP contribution in [-0.4, -0.2) is 17.7 Å². The van der Waals surface area contributed by atoms with Gasteiger partial charge in [0.1, 0.15) is 0 Å². The highest BCUT2D eigenvalue weighted by Gasteiger charge is 2.26. The van der Waals surface area contributed by atoms with Gasteiger partial charge in [-0.1, -0.05) is 72.8 Å². The third-order valence-electron chi connectivity index (χ3n) is 4.35. The largest absolute Gasteiger partial charge is 0.445 e. The first-order valence-corrected chi connectivity index (χ1v) is 9.23. The fourth-order valence-corrected chi connectivity index (χ4v) is 2.81. The number of Topliss-reactive ketones (excluding diaryl/α,β-unsaturated/α-hetero) is 1. The number of hydrogen-bond donors (Lipinski definition) is 1. The summed E-state index contributed by atoms with van der Waals surface area (Å²) in [6.07, 6.45) is -1.04. The van der Waals surface area contributed by atoms with Gasteiger partial charge in [0.25, 0.3) is 0 Å². The fraction of sp³-hybridized carbons (Fsp3) is 0.125. The normalized spacial score (nSPS) is 11.3. The van der Waals surface area contributed by atoms with Crippen LogP contribution in [0, 0.1) is 0 Å². The smallest absolute Gasteiger partial charge is 0.339 e. The SMILES string of the molecule is CC(=O)NCc1ccc(C(=O)OC(C(=O)c2ccccc2)c2ccccc2)cc1. The van der Waals surface area contributed by atoms with Crippen LogP contribution in [0.25, 0.3) is 0 Å². The van der Waals surface area contributed by atoms with Crippen molar-refractivity contribution in [3.05, 3.63) is 107 Å². The molecule has 1 N–H and O–H groups in total. The minimum atomic E-state index is -1.04. The number of esters is 1. The molecule has 0 radical (unpaired) electrons. The molecule has 1 unspecified atom stereocenters. The zero-order valence-electron chi connectivity index (χ0n) is 16.0. The minimum absolute atomic E-state index is 0.126. The van der Waals surface area contributed by atoms with Crippen molar-refractivity contribution in [2.24, 2.45) is 0 Å². The third-order valence-corrected chi connectivity index (χ3v) is 4.35. The Morgan fingerprint density at radius 2 is 1.38 bits per heavy atom. The van der Waals surface area contributed by atoms with Gasteiger partial charge in [-0.2, -0.15) is 0 Å². The van der Waals surface area contributed by atoms with Gasteiger partial charge in [-0.05, 0) is 17.7 Å². The van der Waals surface area contributed by atoms with E-state index in [0.717, 1.165) is 5.56 Å². The van der Waals surface area contributed by atoms with E-state index in [2.05, 4.69) is 5.32 Å². The van der Waals surface area contributed by atoms with Crippen molar-refractivity contribution in [3.8, 4) is 0 Å². The summed E-state index contributed by atoms with van der Waals surface area (Å²) in [5.41, 5.74) is 2.27. The Balaban J connectivity index is 1.79. The molecule has 0 saturated heterocycles. The Morgan fingerprint density at radius 1 is 0.793 bits per heavy atom. The van der Waals surface area contributed by atoms with Gasteiger partial charge in [-0.3, -0.25) is 9.59 Å². The molecule has 0 aromatic heterocycles. The molecule has 5 nitrogen and oxygen atoms in total. The van der Waals surface area contributed by atoms with E-state index in [1.165, 1.54) is 6.92 Å². The molecular weight excluding hydrogens is 366 g/mol. The van der Waals surface area contributed by atoms with Crippen molar-refractivity contribution < 1.29 is 19.1 Å². The zero-order valence-corrected chi connectivity index (χ0v) is 16.0. The molecule has 0 aliphatic carbocycles. The Morgan fingerprint density at radius 3 is 1.97 bits per heavy atom. The van der Waals surface area contributed by atoms with E-state index < -0.39 is 12.1 Å². The van der Waals surface area contributed by atoms with E-state index in [-0.39, 0.29) is 11.7 Å². The highest BCUT2D eigenvalue weighted by Crippen LogP contribution is 2.24. The van der Waals surface area contributed by atoms with Gasteiger partial charge < -0.3 is 10.1 Å². The summed E-state index contributed by atoms with van der Waals surface area (Å²) in [6.45, 7) is 1.82. The number of nitrogens with one attached hydrogen (secondary N) is 1. The molecule has 3 aromatic rings. The van der Waals surface area contributed by atoms with Crippen molar-refractivity contribution in [1.29, 1.82) is 0 Å². The molecule has 29 heavy (non-hydrogen) atoms. The summed E-state index contributed by atoms with van der Waals surface area (Å²) in [5.74, 6) is -1.000. The molecular formula is C24H21NO4. The molecule has 3 rings (SSSR count). The standard InChI is InChI=1S/C24H21NO4/c1-17(26)25-16-18-12-14-21(15-13-18)24(28)29-23(20-10-6-3-7-11-20)22(27)19-8-4-2-5-9-19/h2-15,23H,16H2,1H3,(H,25,26). The van der Waals surface area contributed by atoms with E-state index in [0.29, 0.717) is 23.2 Å². The lowest BCUT2D eigenvalue weighted by Gasteiger charge is -2.17. The van der Waals surface area contributed by atoms with Crippen LogP contribution in [0.4, 0.5) is 0 Å². The van der Waals surface area contributed by atoms with Crippen LogP contribution in [-0.2, 0) is 16.1 Å². The summed E-state index contributed by atoms with van der Waals surface area (Å²) in [5, 5.41) is 2.70. The van der Waals surface area contributed by atoms with Crippen molar-refractivity contribution in [2.45, 2.75) is 19.6 Å². The van der Waals surface area contributed by atoms with Gasteiger partial charge in [0.15, 0.2) is 6.10 Å². The summed E-state index contributed by atoms with van der Waals surface area (Å²) in [4.78, 5) is 36.7. The summed E-state index contributed by atoms with van der Waals surface area (Å²) < 4.78 is 5.62. The number of ether oxygens (including phenoxy) is 1. The highest BCUT2D eigenvalue weighted by molar-refractivity contribution is 6.02. The Labute approximate surface area is 169 Å². The first kappa shape index (κ1) is 20.0. The second kappa shape index (κ2) is 9.46. The van der Waals surface area contributed by atoms with E-state index in [4.69, 9.17) is 4.74 Å². The van der Waals surface area contributed by atoms with Crippen LogP contribution in [0.15, 0.2) is 84.9 Å². The van der Waals surface area contributed by atoms with Crippen LogP contribution < -0.4 is 5.32 Å². The van der Waals surface area contributed by atoms with Crippen LogP contribution in [0.1, 0.15) is 44.9 Å². The third kappa shape index (κ3) is 5.39. The molecule has 0 saturated carbocycles. The van der Waals surface area contributed by atoms with Gasteiger partial charge in [0.2, 0.25) is 11.7 Å². The first-order valence-electron chi connectivity index (χ1n) is 9.23. The molecule has 0 aliphatic rings. The van der Waals surface area contributed by atoms with Crippen LogP contribution in [0.5, 0.6) is 0 Å². The maximum atomic E-state index is 13.0. The zero-order chi connectivity index (χ0) is 20.6. The van der Waals surface area contributed by atoms with E-state index in [9.17, 15) is 14.4 Å². The lowest BCUT2D eigenvalue weighted by molar-refractivity contribution is -0.119. The number of benzene rings is 3. The molecule has 5 heteroatoms. The summed E-state index contributed by atoms with van der Waals surface area (Å²) >= 11 is 0. The van der Waals surface area contributed by atoms with Crippen LogP contribution in [0.3, 0.4) is 0 Å². The molecule has 0 bridgehead atoms. The second-order valence-electron chi connectivity index (χ2n) is 6.53. The maximum absolute atomic E-state index is 13.0.